The third-order valence-electron chi connectivity index (χ3n) is 5.36. The number of nitrogens with one attached hydrogen (secondary N) is 1. The third kappa shape index (κ3) is 4.73. The van der Waals surface area contributed by atoms with Crippen molar-refractivity contribution in [3.05, 3.63) is 52.3 Å². The van der Waals surface area contributed by atoms with E-state index in [1.807, 2.05) is 25.6 Å². The highest BCUT2D eigenvalue weighted by atomic mass is 16.1. The molecule has 0 unspecified atom stereocenters. The first-order chi connectivity index (χ1) is 12.5. The van der Waals surface area contributed by atoms with E-state index in [1.165, 1.54) is 37.9 Å². The fourth-order valence-electron chi connectivity index (χ4n) is 3.64. The molecule has 5 nitrogen and oxygen atoms in total. The minimum atomic E-state index is 0.0431. The maximum Gasteiger partial charge on any atom is 0.224 e. The van der Waals surface area contributed by atoms with Gasteiger partial charge in [-0.25, -0.2) is 0 Å². The van der Waals surface area contributed by atoms with Crippen LogP contribution < -0.4 is 5.32 Å². The molecule has 3 rings (SSSR count). The molecule has 0 spiro atoms. The fraction of sp³-hybridized carbons (Fsp3) is 0.524. The molecule has 0 saturated carbocycles. The van der Waals surface area contributed by atoms with Crippen molar-refractivity contribution in [3.8, 4) is 0 Å². The van der Waals surface area contributed by atoms with Crippen LogP contribution in [0.3, 0.4) is 0 Å². The van der Waals surface area contributed by atoms with Gasteiger partial charge in [-0.2, -0.15) is 5.10 Å². The van der Waals surface area contributed by atoms with E-state index in [0.717, 1.165) is 29.1 Å². The highest BCUT2D eigenvalue weighted by Gasteiger charge is 2.13. The normalized spacial score (nSPS) is 15.2. The van der Waals surface area contributed by atoms with Crippen molar-refractivity contribution in [3.63, 3.8) is 0 Å². The molecule has 2 heterocycles. The number of hydrogen-bond acceptors (Lipinski definition) is 3. The maximum atomic E-state index is 12.3. The summed E-state index contributed by atoms with van der Waals surface area (Å²) in [5.41, 5.74) is 5.51. The lowest BCUT2D eigenvalue weighted by Gasteiger charge is -2.26. The van der Waals surface area contributed by atoms with E-state index < -0.39 is 0 Å². The van der Waals surface area contributed by atoms with Crippen LogP contribution in [0.15, 0.2) is 24.3 Å². The molecule has 140 valence electrons. The number of rotatable bonds is 6. The van der Waals surface area contributed by atoms with Gasteiger partial charge in [0.1, 0.15) is 0 Å². The Morgan fingerprint density at radius 2 is 1.73 bits per heavy atom. The largest absolute Gasteiger partial charge is 0.352 e. The molecule has 1 saturated heterocycles. The van der Waals surface area contributed by atoms with E-state index >= 15 is 0 Å². The van der Waals surface area contributed by atoms with Gasteiger partial charge in [0.15, 0.2) is 0 Å². The maximum absolute atomic E-state index is 12.3. The fourth-order valence-corrected chi connectivity index (χ4v) is 3.64. The highest BCUT2D eigenvalue weighted by Crippen LogP contribution is 2.14. The van der Waals surface area contributed by atoms with Crippen LogP contribution in [0.4, 0.5) is 0 Å². The Labute approximate surface area is 156 Å². The van der Waals surface area contributed by atoms with Crippen molar-refractivity contribution in [2.24, 2.45) is 7.05 Å². The lowest BCUT2D eigenvalue weighted by Crippen LogP contribution is -2.29. The first-order valence-electron chi connectivity index (χ1n) is 9.59. The lowest BCUT2D eigenvalue weighted by molar-refractivity contribution is -0.120. The summed E-state index contributed by atoms with van der Waals surface area (Å²) in [7, 11) is 1.91. The second-order valence-corrected chi connectivity index (χ2v) is 7.38. The van der Waals surface area contributed by atoms with Crippen LogP contribution in [0.25, 0.3) is 0 Å². The predicted molar refractivity (Wildman–Crippen MR) is 104 cm³/mol. The summed E-state index contributed by atoms with van der Waals surface area (Å²) in [6.07, 6.45) is 4.39. The summed E-state index contributed by atoms with van der Waals surface area (Å²) >= 11 is 0. The molecule has 1 aromatic heterocycles. The van der Waals surface area contributed by atoms with Crippen LogP contribution in [0.5, 0.6) is 0 Å². The van der Waals surface area contributed by atoms with Crippen LogP contribution in [0, 0.1) is 13.8 Å². The van der Waals surface area contributed by atoms with Gasteiger partial charge in [-0.15, -0.1) is 0 Å². The molecule has 1 N–H and O–H groups in total. The van der Waals surface area contributed by atoms with Gasteiger partial charge in [0.05, 0.1) is 12.1 Å². The molecular formula is C21H30N4O. The lowest BCUT2D eigenvalue weighted by atomic mass is 10.1. The summed E-state index contributed by atoms with van der Waals surface area (Å²) in [5, 5.41) is 7.40. The zero-order valence-corrected chi connectivity index (χ0v) is 16.2. The summed E-state index contributed by atoms with van der Waals surface area (Å²) < 4.78 is 1.83. The van der Waals surface area contributed by atoms with E-state index in [0.29, 0.717) is 13.0 Å². The van der Waals surface area contributed by atoms with Gasteiger partial charge in [0, 0.05) is 31.4 Å². The van der Waals surface area contributed by atoms with Gasteiger partial charge in [-0.05, 0) is 50.9 Å². The van der Waals surface area contributed by atoms with E-state index in [4.69, 9.17) is 0 Å². The third-order valence-corrected chi connectivity index (χ3v) is 5.36. The van der Waals surface area contributed by atoms with Crippen molar-refractivity contribution < 1.29 is 4.79 Å². The Balaban J connectivity index is 1.49. The first kappa shape index (κ1) is 18.6. The van der Waals surface area contributed by atoms with Crippen LogP contribution in [-0.2, 0) is 31.4 Å². The molecular weight excluding hydrogens is 324 g/mol. The predicted octanol–water partition coefficient (Wildman–Crippen LogP) is 2.88. The molecule has 2 aromatic rings. The molecule has 5 heteroatoms. The van der Waals surface area contributed by atoms with Gasteiger partial charge in [0.2, 0.25) is 5.91 Å². The average molecular weight is 354 g/mol. The smallest absolute Gasteiger partial charge is 0.224 e. The number of benzene rings is 1. The van der Waals surface area contributed by atoms with Crippen LogP contribution in [0.2, 0.25) is 0 Å². The molecule has 1 amide bonds. The zero-order chi connectivity index (χ0) is 18.5. The average Bonchev–Trinajstić information content (AvgIpc) is 2.88. The molecule has 1 aliphatic rings. The Hall–Kier alpha value is -2.14. The summed E-state index contributed by atoms with van der Waals surface area (Å²) in [5.74, 6) is 0.0431. The number of likely N-dealkylation sites (tertiary alicyclic amines) is 1. The van der Waals surface area contributed by atoms with Gasteiger partial charge >= 0.3 is 0 Å². The highest BCUT2D eigenvalue weighted by molar-refractivity contribution is 5.79. The molecule has 1 fully saturated rings. The molecule has 0 aliphatic carbocycles. The minimum Gasteiger partial charge on any atom is -0.352 e. The molecule has 1 aromatic carbocycles. The van der Waals surface area contributed by atoms with Crippen molar-refractivity contribution in [1.29, 1.82) is 0 Å². The number of nitrogens with zero attached hydrogens (tertiary/aromatic N) is 3. The van der Waals surface area contributed by atoms with Crippen molar-refractivity contribution in [1.82, 2.24) is 20.0 Å². The number of aromatic nitrogens is 2. The Morgan fingerprint density at radius 1 is 1.08 bits per heavy atom. The second kappa shape index (κ2) is 8.49. The van der Waals surface area contributed by atoms with Gasteiger partial charge in [-0.3, -0.25) is 14.4 Å². The van der Waals surface area contributed by atoms with Crippen LogP contribution in [0.1, 0.15) is 47.3 Å². The van der Waals surface area contributed by atoms with Crippen molar-refractivity contribution >= 4 is 5.91 Å². The van der Waals surface area contributed by atoms with Crippen LogP contribution in [-0.4, -0.2) is 33.7 Å². The number of carbonyl (C=O) groups is 1. The van der Waals surface area contributed by atoms with Gasteiger partial charge < -0.3 is 5.32 Å². The topological polar surface area (TPSA) is 50.2 Å². The molecule has 26 heavy (non-hydrogen) atoms. The van der Waals surface area contributed by atoms with Gasteiger partial charge in [-0.1, -0.05) is 30.7 Å². The Morgan fingerprint density at radius 3 is 2.35 bits per heavy atom. The van der Waals surface area contributed by atoms with Crippen molar-refractivity contribution in [2.45, 2.75) is 52.6 Å². The monoisotopic (exact) mass is 354 g/mol. The van der Waals surface area contributed by atoms with Crippen LogP contribution >= 0.6 is 0 Å². The number of amides is 1. The Bertz CT molecular complexity index is 742. The summed E-state index contributed by atoms with van der Waals surface area (Å²) in [6, 6.07) is 8.62. The first-order valence-corrected chi connectivity index (χ1v) is 9.59. The van der Waals surface area contributed by atoms with E-state index in [9.17, 15) is 4.79 Å². The number of hydrogen-bond donors (Lipinski definition) is 1. The molecule has 0 radical (unpaired) electrons. The van der Waals surface area contributed by atoms with E-state index in [-0.39, 0.29) is 5.91 Å². The summed E-state index contributed by atoms with van der Waals surface area (Å²) in [4.78, 5) is 14.8. The quantitative estimate of drug-likeness (QED) is 0.868. The van der Waals surface area contributed by atoms with E-state index in [1.54, 1.807) is 0 Å². The molecule has 0 atom stereocenters. The molecule has 1 aliphatic heterocycles. The summed E-state index contributed by atoms with van der Waals surface area (Å²) in [6.45, 7) is 7.99. The SMILES string of the molecule is Cc1nn(C)c(C)c1CC(=O)NCc1ccc(CN2CCCCC2)cc1. The van der Waals surface area contributed by atoms with E-state index in [2.05, 4.69) is 39.6 Å². The number of piperidine rings is 1. The zero-order valence-electron chi connectivity index (χ0n) is 16.2. The number of carbonyl (C=O) groups excluding carboxylic acids is 1. The number of aryl methyl sites for hydroxylation is 2. The standard InChI is InChI=1S/C21H30N4O/c1-16-20(17(2)24(3)23-16)13-21(26)22-14-18-7-9-19(10-8-18)15-25-11-5-4-6-12-25/h7-10H,4-6,11-15H2,1-3H3,(H,22,26). The Kier molecular flexibility index (Phi) is 6.09. The molecule has 0 bridgehead atoms. The second-order valence-electron chi connectivity index (χ2n) is 7.38. The van der Waals surface area contributed by atoms with Crippen molar-refractivity contribution in [2.75, 3.05) is 13.1 Å². The van der Waals surface area contributed by atoms with Gasteiger partial charge in [0.25, 0.3) is 0 Å². The minimum absolute atomic E-state index is 0.0431.